The number of rotatable bonds is 3. The van der Waals surface area contributed by atoms with Crippen LogP contribution >= 0.6 is 34.8 Å². The average Bonchev–Trinajstić information content (AvgIpc) is 3.01. The molecule has 8 nitrogen and oxygen atoms in total. The van der Waals surface area contributed by atoms with Gasteiger partial charge in [-0.1, -0.05) is 59.1 Å². The Kier molecular flexibility index (Phi) is 4.88. The number of nitrogens with zero attached hydrogens (tertiary/aromatic N) is 3. The van der Waals surface area contributed by atoms with Gasteiger partial charge in [-0.05, 0) is 11.6 Å². The molecule has 0 amide bonds. The van der Waals surface area contributed by atoms with Crippen molar-refractivity contribution in [1.82, 2.24) is 20.2 Å². The third-order valence-corrected chi connectivity index (χ3v) is 6.36. The van der Waals surface area contributed by atoms with Crippen LogP contribution in [0.5, 0.6) is 0 Å². The minimum Gasteiger partial charge on any atom is -0.382 e. The summed E-state index contributed by atoms with van der Waals surface area (Å²) >= 11 is 18.5. The van der Waals surface area contributed by atoms with Crippen molar-refractivity contribution < 1.29 is 8.42 Å². The number of anilines is 1. The number of sulfonamides is 1. The summed E-state index contributed by atoms with van der Waals surface area (Å²) in [5, 5.41) is 11.7. The lowest BCUT2D eigenvalue weighted by molar-refractivity contribution is 0.598. The number of halogens is 3. The Morgan fingerprint density at radius 2 is 1.66 bits per heavy atom. The van der Waals surface area contributed by atoms with Gasteiger partial charge >= 0.3 is 0 Å². The molecule has 12 heteroatoms. The van der Waals surface area contributed by atoms with Gasteiger partial charge in [0.1, 0.15) is 10.7 Å². The van der Waals surface area contributed by atoms with Crippen molar-refractivity contribution >= 4 is 61.8 Å². The molecule has 0 radical (unpaired) electrons. The van der Waals surface area contributed by atoms with Crippen LogP contribution in [0.3, 0.4) is 0 Å². The van der Waals surface area contributed by atoms with E-state index in [0.29, 0.717) is 33.8 Å². The fourth-order valence-electron chi connectivity index (χ4n) is 2.86. The number of primary sulfonamides is 1. The Hall–Kier alpha value is -2.43. The highest BCUT2D eigenvalue weighted by Gasteiger charge is 2.23. The molecule has 0 bridgehead atoms. The van der Waals surface area contributed by atoms with E-state index >= 15 is 0 Å². The molecule has 4 rings (SSSR count). The van der Waals surface area contributed by atoms with E-state index < -0.39 is 10.0 Å². The van der Waals surface area contributed by atoms with Gasteiger partial charge in [0, 0.05) is 11.1 Å². The van der Waals surface area contributed by atoms with Gasteiger partial charge in [0.15, 0.2) is 5.52 Å². The van der Waals surface area contributed by atoms with E-state index in [2.05, 4.69) is 20.2 Å². The number of nitrogens with one attached hydrogen (secondary N) is 1. The average molecular weight is 470 g/mol. The molecular formula is C17H11Cl3N6O2S. The zero-order chi connectivity index (χ0) is 20.9. The maximum Gasteiger partial charge on any atom is 0.241 e. The van der Waals surface area contributed by atoms with Crippen molar-refractivity contribution in [1.29, 1.82) is 0 Å². The van der Waals surface area contributed by atoms with Gasteiger partial charge in [-0.25, -0.2) is 23.5 Å². The predicted molar refractivity (Wildman–Crippen MR) is 113 cm³/mol. The topological polar surface area (TPSA) is 141 Å². The molecule has 5 N–H and O–H groups in total. The number of hydrogen-bond acceptors (Lipinski definition) is 6. The number of aromatic amines is 1. The molecule has 0 saturated heterocycles. The molecule has 0 unspecified atom stereocenters. The molecule has 4 aromatic rings. The smallest absolute Gasteiger partial charge is 0.241 e. The van der Waals surface area contributed by atoms with Crippen molar-refractivity contribution in [2.75, 3.05) is 5.73 Å². The summed E-state index contributed by atoms with van der Waals surface area (Å²) in [5.74, 6) is 0.340. The second kappa shape index (κ2) is 7.12. The first-order valence-electron chi connectivity index (χ1n) is 7.94. The van der Waals surface area contributed by atoms with Crippen LogP contribution in [0.15, 0.2) is 41.4 Å². The minimum atomic E-state index is -4.14. The van der Waals surface area contributed by atoms with Gasteiger partial charge < -0.3 is 5.73 Å². The van der Waals surface area contributed by atoms with Crippen LogP contribution in [0.1, 0.15) is 0 Å². The molecule has 148 valence electrons. The summed E-state index contributed by atoms with van der Waals surface area (Å²) < 4.78 is 23.7. The first kappa shape index (κ1) is 19.9. The fraction of sp³-hybridized carbons (Fsp3) is 0. The van der Waals surface area contributed by atoms with Crippen molar-refractivity contribution in [2.45, 2.75) is 4.90 Å². The van der Waals surface area contributed by atoms with Crippen LogP contribution in [0.2, 0.25) is 15.1 Å². The van der Waals surface area contributed by atoms with Crippen molar-refractivity contribution in [2.24, 2.45) is 5.14 Å². The molecule has 0 fully saturated rings. The summed E-state index contributed by atoms with van der Waals surface area (Å²) in [7, 11) is -4.14. The van der Waals surface area contributed by atoms with Gasteiger partial charge in [-0.2, -0.15) is 5.10 Å². The van der Waals surface area contributed by atoms with Crippen LogP contribution in [0.25, 0.3) is 33.5 Å². The van der Waals surface area contributed by atoms with E-state index in [-0.39, 0.29) is 20.0 Å². The van der Waals surface area contributed by atoms with Crippen LogP contribution in [-0.4, -0.2) is 28.6 Å². The zero-order valence-electron chi connectivity index (χ0n) is 14.3. The monoisotopic (exact) mass is 468 g/mol. The Bertz CT molecular complexity index is 1370. The lowest BCUT2D eigenvalue weighted by Crippen LogP contribution is -2.14. The van der Waals surface area contributed by atoms with E-state index in [9.17, 15) is 8.42 Å². The standard InChI is InChI=1S/C17H11Cl3N6O2S/c18-9-5-10(19)15(29(22,27)28)13(20)12(9)8-3-1-7(2-4-8)11-6-23-14-16(21)25-26-17(14)24-11/h1-6H,(H2,22,27,28)(H3,21,24,25,26). The number of fused-ring (bicyclic) bond motifs is 1. The molecule has 0 aliphatic rings. The highest BCUT2D eigenvalue weighted by atomic mass is 35.5. The van der Waals surface area contributed by atoms with Gasteiger partial charge in [-0.15, -0.1) is 0 Å². The van der Waals surface area contributed by atoms with Gasteiger partial charge in [0.05, 0.1) is 27.0 Å². The lowest BCUT2D eigenvalue weighted by atomic mass is 10.0. The first-order chi connectivity index (χ1) is 13.7. The SMILES string of the molecule is Nc1[nH]nc2nc(-c3ccc(-c4c(Cl)cc(Cl)c(S(N)(=O)=O)c4Cl)cc3)cnc12. The maximum absolute atomic E-state index is 11.9. The van der Waals surface area contributed by atoms with E-state index in [0.717, 1.165) is 5.56 Å². The summed E-state index contributed by atoms with van der Waals surface area (Å²) in [6.07, 6.45) is 1.57. The lowest BCUT2D eigenvalue weighted by Gasteiger charge is -2.13. The first-order valence-corrected chi connectivity index (χ1v) is 10.6. The number of nitrogen functional groups attached to an aromatic ring is 1. The quantitative estimate of drug-likeness (QED) is 0.416. The van der Waals surface area contributed by atoms with E-state index in [4.69, 9.17) is 45.7 Å². The molecular weight excluding hydrogens is 459 g/mol. The second-order valence-corrected chi connectivity index (χ2v) is 8.74. The molecule has 0 atom stereocenters. The third kappa shape index (κ3) is 3.52. The summed E-state index contributed by atoms with van der Waals surface area (Å²) in [4.78, 5) is 8.29. The number of nitrogens with two attached hydrogens (primary N) is 2. The Labute approximate surface area is 179 Å². The highest BCUT2D eigenvalue weighted by molar-refractivity contribution is 7.89. The maximum atomic E-state index is 11.9. The van der Waals surface area contributed by atoms with E-state index in [1.165, 1.54) is 6.07 Å². The van der Waals surface area contributed by atoms with Crippen LogP contribution in [0.4, 0.5) is 5.82 Å². The van der Waals surface area contributed by atoms with Crippen LogP contribution in [0, 0.1) is 0 Å². The van der Waals surface area contributed by atoms with Gasteiger partial charge in [0.2, 0.25) is 15.7 Å². The van der Waals surface area contributed by atoms with Gasteiger partial charge in [-0.3, -0.25) is 5.10 Å². The molecule has 2 heterocycles. The van der Waals surface area contributed by atoms with E-state index in [1.54, 1.807) is 30.5 Å². The van der Waals surface area contributed by atoms with Crippen molar-refractivity contribution in [3.63, 3.8) is 0 Å². The van der Waals surface area contributed by atoms with Crippen molar-refractivity contribution in [3.8, 4) is 22.4 Å². The summed E-state index contributed by atoms with van der Waals surface area (Å²) in [6.45, 7) is 0. The molecule has 2 aromatic carbocycles. The largest absolute Gasteiger partial charge is 0.382 e. The summed E-state index contributed by atoms with van der Waals surface area (Å²) in [5.41, 5.74) is 8.80. The number of benzene rings is 2. The number of aromatic nitrogens is 4. The molecule has 0 saturated carbocycles. The minimum absolute atomic E-state index is 0.147. The normalized spacial score (nSPS) is 11.9. The van der Waals surface area contributed by atoms with E-state index in [1.807, 2.05) is 0 Å². The molecule has 2 aromatic heterocycles. The Balaban J connectivity index is 1.80. The molecule has 0 aliphatic heterocycles. The molecule has 0 spiro atoms. The Morgan fingerprint density at radius 1 is 1.00 bits per heavy atom. The third-order valence-electron chi connectivity index (χ3n) is 4.17. The van der Waals surface area contributed by atoms with Crippen LogP contribution < -0.4 is 10.9 Å². The molecule has 29 heavy (non-hydrogen) atoms. The fourth-order valence-corrected chi connectivity index (χ4v) is 5.17. The van der Waals surface area contributed by atoms with Crippen LogP contribution in [-0.2, 0) is 10.0 Å². The molecule has 0 aliphatic carbocycles. The van der Waals surface area contributed by atoms with Gasteiger partial charge in [0.25, 0.3) is 0 Å². The number of hydrogen-bond donors (Lipinski definition) is 3. The zero-order valence-corrected chi connectivity index (χ0v) is 17.4. The number of H-pyrrole nitrogens is 1. The second-order valence-electron chi connectivity index (χ2n) is 6.05. The highest BCUT2D eigenvalue weighted by Crippen LogP contribution is 2.42. The predicted octanol–water partition coefficient (Wildman–Crippen LogP) is 3.88. The van der Waals surface area contributed by atoms with Crippen molar-refractivity contribution in [3.05, 3.63) is 51.6 Å². The summed E-state index contributed by atoms with van der Waals surface area (Å²) in [6, 6.07) is 8.25. The Morgan fingerprint density at radius 3 is 2.31 bits per heavy atom.